The molecule has 0 radical (unpaired) electrons. The molecular formula is C8H12F3NO3. The summed E-state index contributed by atoms with van der Waals surface area (Å²) in [6.07, 6.45) is -6.25. The van der Waals surface area contributed by atoms with Crippen LogP contribution >= 0.6 is 0 Å². The molecule has 0 saturated heterocycles. The molecule has 0 aromatic rings. The third-order valence-electron chi connectivity index (χ3n) is 1.68. The van der Waals surface area contributed by atoms with Gasteiger partial charge in [0.25, 0.3) is 0 Å². The van der Waals surface area contributed by atoms with Crippen molar-refractivity contribution >= 4 is 11.9 Å². The number of carbonyl (C=O) groups excluding carboxylic acids is 1. The summed E-state index contributed by atoms with van der Waals surface area (Å²) in [5.41, 5.74) is 0. The van der Waals surface area contributed by atoms with Gasteiger partial charge in [0.1, 0.15) is 6.04 Å². The zero-order valence-electron chi connectivity index (χ0n) is 8.10. The van der Waals surface area contributed by atoms with Crippen molar-refractivity contribution in [3.63, 3.8) is 0 Å². The first kappa shape index (κ1) is 13.7. The predicted octanol–water partition coefficient (Wildman–Crippen LogP) is 1.31. The summed E-state index contributed by atoms with van der Waals surface area (Å²) >= 11 is 0. The third kappa shape index (κ3) is 6.75. The van der Waals surface area contributed by atoms with E-state index in [1.54, 1.807) is 0 Å². The zero-order chi connectivity index (χ0) is 12.1. The van der Waals surface area contributed by atoms with Gasteiger partial charge >= 0.3 is 12.1 Å². The molecule has 2 N–H and O–H groups in total. The number of rotatable bonds is 5. The van der Waals surface area contributed by atoms with E-state index >= 15 is 0 Å². The highest BCUT2D eigenvalue weighted by molar-refractivity contribution is 5.83. The summed E-state index contributed by atoms with van der Waals surface area (Å²) < 4.78 is 35.1. The van der Waals surface area contributed by atoms with Gasteiger partial charge < -0.3 is 10.4 Å². The van der Waals surface area contributed by atoms with Crippen LogP contribution in [-0.4, -0.2) is 29.2 Å². The van der Waals surface area contributed by atoms with Crippen LogP contribution in [0, 0.1) is 0 Å². The average molecular weight is 227 g/mol. The number of carbonyl (C=O) groups is 2. The second-order valence-electron chi connectivity index (χ2n) is 2.98. The van der Waals surface area contributed by atoms with Crippen molar-refractivity contribution in [1.29, 1.82) is 0 Å². The van der Waals surface area contributed by atoms with Crippen LogP contribution < -0.4 is 5.32 Å². The largest absolute Gasteiger partial charge is 0.480 e. The van der Waals surface area contributed by atoms with E-state index in [-0.39, 0.29) is 6.42 Å². The Morgan fingerprint density at radius 1 is 1.40 bits per heavy atom. The Balaban J connectivity index is 3.98. The second kappa shape index (κ2) is 5.57. The minimum absolute atomic E-state index is 0.132. The molecule has 15 heavy (non-hydrogen) atoms. The molecule has 0 aliphatic carbocycles. The molecule has 0 saturated carbocycles. The van der Waals surface area contributed by atoms with Crippen molar-refractivity contribution in [2.24, 2.45) is 0 Å². The molecule has 1 atom stereocenters. The van der Waals surface area contributed by atoms with Crippen LogP contribution in [0.5, 0.6) is 0 Å². The first-order chi connectivity index (χ1) is 6.76. The maximum atomic E-state index is 11.7. The maximum absolute atomic E-state index is 11.7. The lowest BCUT2D eigenvalue weighted by atomic mass is 10.2. The highest BCUT2D eigenvalue weighted by Gasteiger charge is 2.28. The van der Waals surface area contributed by atoms with Crippen molar-refractivity contribution in [2.75, 3.05) is 0 Å². The number of carboxylic acid groups (broad SMARTS) is 1. The normalized spacial score (nSPS) is 13.3. The summed E-state index contributed by atoms with van der Waals surface area (Å²) in [5.74, 6) is -2.15. The van der Waals surface area contributed by atoms with E-state index in [4.69, 9.17) is 5.11 Å². The lowest BCUT2D eigenvalue weighted by molar-refractivity contribution is -0.146. The van der Waals surface area contributed by atoms with Gasteiger partial charge in [-0.3, -0.25) is 4.79 Å². The van der Waals surface area contributed by atoms with Gasteiger partial charge in [-0.15, -0.1) is 0 Å². The molecular weight excluding hydrogens is 215 g/mol. The van der Waals surface area contributed by atoms with Crippen molar-refractivity contribution in [3.05, 3.63) is 0 Å². The van der Waals surface area contributed by atoms with Gasteiger partial charge in [-0.1, -0.05) is 6.92 Å². The molecule has 88 valence electrons. The Morgan fingerprint density at radius 2 is 1.93 bits per heavy atom. The van der Waals surface area contributed by atoms with Gasteiger partial charge in [0.2, 0.25) is 5.91 Å². The SMILES string of the molecule is CC[C@H](NC(=O)CCC(F)(F)F)C(=O)O. The van der Waals surface area contributed by atoms with Crippen LogP contribution in [0.15, 0.2) is 0 Å². The number of hydrogen-bond acceptors (Lipinski definition) is 2. The summed E-state index contributed by atoms with van der Waals surface area (Å²) in [4.78, 5) is 21.3. The van der Waals surface area contributed by atoms with E-state index in [0.29, 0.717) is 0 Å². The highest BCUT2D eigenvalue weighted by atomic mass is 19.4. The Kier molecular flexibility index (Phi) is 5.10. The second-order valence-corrected chi connectivity index (χ2v) is 2.98. The molecule has 0 aromatic carbocycles. The number of nitrogens with one attached hydrogen (secondary N) is 1. The number of halogens is 3. The lowest BCUT2D eigenvalue weighted by Crippen LogP contribution is -2.40. The molecule has 0 rings (SSSR count). The summed E-state index contributed by atoms with van der Waals surface area (Å²) in [6.45, 7) is 1.52. The van der Waals surface area contributed by atoms with E-state index in [2.05, 4.69) is 0 Å². The molecule has 0 fully saturated rings. The van der Waals surface area contributed by atoms with Gasteiger partial charge in [0.05, 0.1) is 6.42 Å². The van der Waals surface area contributed by atoms with E-state index in [1.807, 2.05) is 5.32 Å². The van der Waals surface area contributed by atoms with Gasteiger partial charge in [-0.25, -0.2) is 4.79 Å². The van der Waals surface area contributed by atoms with Gasteiger partial charge in [-0.2, -0.15) is 13.2 Å². The smallest absolute Gasteiger partial charge is 0.389 e. The molecule has 0 heterocycles. The molecule has 4 nitrogen and oxygen atoms in total. The Labute approximate surface area is 84.5 Å². The number of aliphatic carboxylic acids is 1. The fourth-order valence-electron chi connectivity index (χ4n) is 0.860. The monoisotopic (exact) mass is 227 g/mol. The van der Waals surface area contributed by atoms with Crippen LogP contribution in [0.1, 0.15) is 26.2 Å². The summed E-state index contributed by atoms with van der Waals surface area (Å²) in [6, 6.07) is -1.12. The maximum Gasteiger partial charge on any atom is 0.389 e. The molecule has 0 aromatic heterocycles. The van der Waals surface area contributed by atoms with Crippen molar-refractivity contribution in [1.82, 2.24) is 5.32 Å². The fourth-order valence-corrected chi connectivity index (χ4v) is 0.860. The summed E-state index contributed by atoms with van der Waals surface area (Å²) in [7, 11) is 0. The fraction of sp³-hybridized carbons (Fsp3) is 0.750. The van der Waals surface area contributed by atoms with Gasteiger partial charge in [0, 0.05) is 6.42 Å². The van der Waals surface area contributed by atoms with Gasteiger partial charge in [-0.05, 0) is 6.42 Å². The molecule has 0 spiro atoms. The summed E-state index contributed by atoms with van der Waals surface area (Å²) in [5, 5.41) is 10.5. The first-order valence-corrected chi connectivity index (χ1v) is 4.35. The predicted molar refractivity (Wildman–Crippen MR) is 45.1 cm³/mol. The number of alkyl halides is 3. The van der Waals surface area contributed by atoms with Crippen LogP contribution in [0.3, 0.4) is 0 Å². The van der Waals surface area contributed by atoms with Crippen LogP contribution in [0.4, 0.5) is 13.2 Å². The first-order valence-electron chi connectivity index (χ1n) is 4.35. The Hall–Kier alpha value is -1.27. The molecule has 1 amide bonds. The molecule has 0 unspecified atom stereocenters. The lowest BCUT2D eigenvalue weighted by Gasteiger charge is -2.12. The quantitative estimate of drug-likeness (QED) is 0.744. The minimum Gasteiger partial charge on any atom is -0.480 e. The van der Waals surface area contributed by atoms with Crippen molar-refractivity contribution < 1.29 is 27.9 Å². The number of carboxylic acids is 1. The minimum atomic E-state index is -4.40. The van der Waals surface area contributed by atoms with Crippen LogP contribution in [0.25, 0.3) is 0 Å². The number of hydrogen-bond donors (Lipinski definition) is 2. The topological polar surface area (TPSA) is 66.4 Å². The van der Waals surface area contributed by atoms with E-state index in [9.17, 15) is 22.8 Å². The molecule has 0 aliphatic heterocycles. The average Bonchev–Trinajstić information content (AvgIpc) is 2.09. The van der Waals surface area contributed by atoms with Crippen LogP contribution in [0.2, 0.25) is 0 Å². The third-order valence-corrected chi connectivity index (χ3v) is 1.68. The van der Waals surface area contributed by atoms with Gasteiger partial charge in [0.15, 0.2) is 0 Å². The Bertz CT molecular complexity index is 240. The zero-order valence-corrected chi connectivity index (χ0v) is 8.10. The van der Waals surface area contributed by atoms with Crippen molar-refractivity contribution in [2.45, 2.75) is 38.4 Å². The van der Waals surface area contributed by atoms with E-state index in [1.165, 1.54) is 6.92 Å². The van der Waals surface area contributed by atoms with Crippen LogP contribution in [-0.2, 0) is 9.59 Å². The highest BCUT2D eigenvalue weighted by Crippen LogP contribution is 2.21. The molecule has 0 aliphatic rings. The van der Waals surface area contributed by atoms with E-state index < -0.39 is 36.9 Å². The standard InChI is InChI=1S/C8H12F3NO3/c1-2-5(7(14)15)12-6(13)3-4-8(9,10)11/h5H,2-4H2,1H3,(H,12,13)(H,14,15)/t5-/m0/s1. The molecule has 7 heteroatoms. The Morgan fingerprint density at radius 3 is 2.27 bits per heavy atom. The van der Waals surface area contributed by atoms with E-state index in [0.717, 1.165) is 0 Å². The number of amides is 1. The van der Waals surface area contributed by atoms with Crippen molar-refractivity contribution in [3.8, 4) is 0 Å². The molecule has 0 bridgehead atoms.